The summed E-state index contributed by atoms with van der Waals surface area (Å²) in [6.07, 6.45) is -0.568. The quantitative estimate of drug-likeness (QED) is 0.872. The zero-order valence-corrected chi connectivity index (χ0v) is 12.2. The average Bonchev–Trinajstić information content (AvgIpc) is 2.33. The van der Waals surface area contributed by atoms with Crippen LogP contribution < -0.4 is 0 Å². The second-order valence-corrected chi connectivity index (χ2v) is 5.50. The van der Waals surface area contributed by atoms with E-state index in [1.54, 1.807) is 20.8 Å². The van der Waals surface area contributed by atoms with Gasteiger partial charge in [0.1, 0.15) is 23.7 Å². The molecule has 7 heteroatoms. The molecule has 1 amide bonds. The van der Waals surface area contributed by atoms with Crippen LogP contribution in [-0.2, 0) is 9.53 Å². The molecule has 1 N–H and O–H groups in total. The number of likely N-dealkylation sites (N-methyl/N-ethyl adjacent to an activating group) is 1. The Kier molecular flexibility index (Phi) is 4.88. The molecule has 0 spiro atoms. The lowest BCUT2D eigenvalue weighted by atomic mass is 10.1. The van der Waals surface area contributed by atoms with Crippen molar-refractivity contribution >= 4 is 12.4 Å². The highest BCUT2D eigenvalue weighted by molar-refractivity contribution is 5.75. The lowest BCUT2D eigenvalue weighted by molar-refractivity contribution is -0.112. The summed E-state index contributed by atoms with van der Waals surface area (Å²) >= 11 is 0. The summed E-state index contributed by atoms with van der Waals surface area (Å²) in [4.78, 5) is 23.9. The topological polar surface area (TPSA) is 66.8 Å². The van der Waals surface area contributed by atoms with Crippen molar-refractivity contribution in [1.29, 1.82) is 0 Å². The summed E-state index contributed by atoms with van der Waals surface area (Å²) in [6.45, 7) is 4.90. The van der Waals surface area contributed by atoms with Crippen molar-refractivity contribution in [3.63, 3.8) is 0 Å². The summed E-state index contributed by atoms with van der Waals surface area (Å²) in [5, 5.41) is 9.61. The molecular weight excluding hydrogens is 284 g/mol. The van der Waals surface area contributed by atoms with Crippen LogP contribution in [-0.4, -0.2) is 35.0 Å². The van der Waals surface area contributed by atoms with Gasteiger partial charge < -0.3 is 14.6 Å². The summed E-state index contributed by atoms with van der Waals surface area (Å²) in [5.41, 5.74) is -1.15. The van der Waals surface area contributed by atoms with Crippen LogP contribution in [0, 0.1) is 11.6 Å². The van der Waals surface area contributed by atoms with E-state index in [0.29, 0.717) is 6.07 Å². The van der Waals surface area contributed by atoms with E-state index in [-0.39, 0.29) is 11.8 Å². The molecule has 0 radical (unpaired) electrons. The van der Waals surface area contributed by atoms with E-state index in [1.807, 2.05) is 0 Å². The lowest BCUT2D eigenvalue weighted by Gasteiger charge is -2.28. The predicted octanol–water partition coefficient (Wildman–Crippen LogP) is 2.78. The summed E-state index contributed by atoms with van der Waals surface area (Å²) in [5.74, 6) is -3.07. The predicted molar refractivity (Wildman–Crippen MR) is 70.8 cm³/mol. The third-order valence-electron chi connectivity index (χ3n) is 2.60. The molecule has 0 aliphatic heterocycles. The van der Waals surface area contributed by atoms with Crippen molar-refractivity contribution < 1.29 is 28.2 Å². The number of phenolic OH excluding ortho intramolecular Hbond substituents is 1. The Morgan fingerprint density at radius 3 is 2.43 bits per heavy atom. The molecule has 116 valence electrons. The van der Waals surface area contributed by atoms with Crippen molar-refractivity contribution in [1.82, 2.24) is 4.90 Å². The van der Waals surface area contributed by atoms with Gasteiger partial charge in [0.05, 0.1) is 0 Å². The van der Waals surface area contributed by atoms with Crippen LogP contribution in [0.4, 0.5) is 13.6 Å². The molecule has 1 aromatic rings. The molecule has 0 aliphatic rings. The average molecular weight is 301 g/mol. The normalized spacial score (nSPS) is 12.7. The second kappa shape index (κ2) is 6.07. The maximum Gasteiger partial charge on any atom is 0.410 e. The van der Waals surface area contributed by atoms with Gasteiger partial charge in [-0.1, -0.05) is 0 Å². The number of rotatable bonds is 3. The molecule has 0 aliphatic carbocycles. The molecule has 0 fully saturated rings. The Morgan fingerprint density at radius 1 is 1.38 bits per heavy atom. The van der Waals surface area contributed by atoms with Gasteiger partial charge in [-0.25, -0.2) is 13.6 Å². The van der Waals surface area contributed by atoms with Crippen molar-refractivity contribution in [2.24, 2.45) is 0 Å². The van der Waals surface area contributed by atoms with Crippen LogP contribution in [0.1, 0.15) is 32.4 Å². The van der Waals surface area contributed by atoms with E-state index < -0.39 is 35.1 Å². The van der Waals surface area contributed by atoms with E-state index >= 15 is 0 Å². The molecule has 0 heterocycles. The zero-order chi connectivity index (χ0) is 16.4. The first-order chi connectivity index (χ1) is 9.56. The molecule has 1 unspecified atom stereocenters. The lowest BCUT2D eigenvalue weighted by Crippen LogP contribution is -2.37. The number of hydrogen-bond acceptors (Lipinski definition) is 4. The Hall–Kier alpha value is -2.18. The Bertz CT molecular complexity index is 555. The smallest absolute Gasteiger partial charge is 0.410 e. The molecule has 1 atom stereocenters. The maximum atomic E-state index is 13.3. The van der Waals surface area contributed by atoms with Crippen LogP contribution in [0.15, 0.2) is 12.1 Å². The second-order valence-electron chi connectivity index (χ2n) is 5.50. The van der Waals surface area contributed by atoms with Crippen LogP contribution in [0.5, 0.6) is 5.75 Å². The Labute approximate surface area is 121 Å². The van der Waals surface area contributed by atoms with Gasteiger partial charge in [0.15, 0.2) is 11.6 Å². The number of hydrogen-bond donors (Lipinski definition) is 1. The summed E-state index contributed by atoms with van der Waals surface area (Å²) in [7, 11) is 1.23. The third kappa shape index (κ3) is 4.14. The number of amides is 1. The van der Waals surface area contributed by atoms with Gasteiger partial charge in [-0.2, -0.15) is 0 Å². The highest BCUT2D eigenvalue weighted by atomic mass is 19.1. The summed E-state index contributed by atoms with van der Waals surface area (Å²) < 4.78 is 31.6. The standard InChI is InChI=1S/C14H17F2NO4/c1-14(2,3)21-13(20)17(4)11(7-18)9-5-8(15)6-10(16)12(9)19/h5-7,11,19H,1-4H3. The van der Waals surface area contributed by atoms with Gasteiger partial charge in [-0.3, -0.25) is 4.90 Å². The third-order valence-corrected chi connectivity index (χ3v) is 2.60. The Balaban J connectivity index is 3.14. The maximum absolute atomic E-state index is 13.3. The number of nitrogens with zero attached hydrogens (tertiary/aromatic N) is 1. The highest BCUT2D eigenvalue weighted by Gasteiger charge is 2.29. The zero-order valence-electron chi connectivity index (χ0n) is 12.2. The molecule has 0 saturated carbocycles. The molecule has 0 saturated heterocycles. The number of carbonyl (C=O) groups is 2. The largest absolute Gasteiger partial charge is 0.505 e. The van der Waals surface area contributed by atoms with Gasteiger partial charge in [0.25, 0.3) is 0 Å². The SMILES string of the molecule is CN(C(=O)OC(C)(C)C)C(C=O)c1cc(F)cc(F)c1O. The first-order valence-corrected chi connectivity index (χ1v) is 6.16. The van der Waals surface area contributed by atoms with E-state index in [2.05, 4.69) is 0 Å². The molecule has 5 nitrogen and oxygen atoms in total. The van der Waals surface area contributed by atoms with Gasteiger partial charge in [0.2, 0.25) is 0 Å². The summed E-state index contributed by atoms with van der Waals surface area (Å²) in [6, 6.07) is -0.1000. The first-order valence-electron chi connectivity index (χ1n) is 6.16. The van der Waals surface area contributed by atoms with Gasteiger partial charge in [-0.05, 0) is 26.8 Å². The van der Waals surface area contributed by atoms with E-state index in [4.69, 9.17) is 4.74 Å². The number of phenols is 1. The van der Waals surface area contributed by atoms with Gasteiger partial charge >= 0.3 is 6.09 Å². The fourth-order valence-electron chi connectivity index (χ4n) is 1.63. The van der Waals surface area contributed by atoms with E-state index in [1.165, 1.54) is 7.05 Å². The number of ether oxygens (including phenoxy) is 1. The fraction of sp³-hybridized carbons (Fsp3) is 0.429. The first kappa shape index (κ1) is 16.9. The van der Waals surface area contributed by atoms with E-state index in [0.717, 1.165) is 11.0 Å². The minimum Gasteiger partial charge on any atom is -0.505 e. The molecular formula is C14H17F2NO4. The number of carbonyl (C=O) groups excluding carboxylic acids is 2. The number of aldehydes is 1. The van der Waals surface area contributed by atoms with Crippen molar-refractivity contribution in [2.75, 3.05) is 7.05 Å². The molecule has 1 rings (SSSR count). The number of halogens is 2. The monoisotopic (exact) mass is 301 g/mol. The van der Waals surface area contributed by atoms with Crippen molar-refractivity contribution in [3.8, 4) is 5.75 Å². The van der Waals surface area contributed by atoms with E-state index in [9.17, 15) is 23.5 Å². The molecule has 0 bridgehead atoms. The molecule has 21 heavy (non-hydrogen) atoms. The van der Waals surface area contributed by atoms with Crippen LogP contribution >= 0.6 is 0 Å². The van der Waals surface area contributed by atoms with Gasteiger partial charge in [-0.15, -0.1) is 0 Å². The Morgan fingerprint density at radius 2 is 1.95 bits per heavy atom. The van der Waals surface area contributed by atoms with Crippen LogP contribution in [0.25, 0.3) is 0 Å². The number of aromatic hydroxyl groups is 1. The van der Waals surface area contributed by atoms with Crippen molar-refractivity contribution in [3.05, 3.63) is 29.3 Å². The minimum absolute atomic E-state index is 0.290. The van der Waals surface area contributed by atoms with Crippen LogP contribution in [0.3, 0.4) is 0 Å². The minimum atomic E-state index is -1.37. The van der Waals surface area contributed by atoms with Crippen molar-refractivity contribution in [2.45, 2.75) is 32.4 Å². The molecule has 0 aromatic heterocycles. The van der Waals surface area contributed by atoms with Crippen LogP contribution in [0.2, 0.25) is 0 Å². The highest BCUT2D eigenvalue weighted by Crippen LogP contribution is 2.30. The van der Waals surface area contributed by atoms with Gasteiger partial charge in [0, 0.05) is 18.7 Å². The number of benzene rings is 1. The molecule has 1 aromatic carbocycles. The fourth-order valence-corrected chi connectivity index (χ4v) is 1.63.